The van der Waals surface area contributed by atoms with Crippen LogP contribution in [-0.2, 0) is 18.9 Å². The highest BCUT2D eigenvalue weighted by Crippen LogP contribution is 2.37. The minimum Gasteiger partial charge on any atom is -0.507 e. The third kappa shape index (κ3) is 7.27. The van der Waals surface area contributed by atoms with Gasteiger partial charge in [-0.05, 0) is 18.2 Å². The average Bonchev–Trinajstić information content (AvgIpc) is 3.56. The number of phenols is 2. The monoisotopic (exact) mass is 742 g/mol. The van der Waals surface area contributed by atoms with Crippen molar-refractivity contribution in [3.05, 3.63) is 46.6 Å². The fraction of sp³-hybridized carbons (Fsp3) is 0.531. The number of rotatable bonds is 11. The molecule has 0 spiro atoms. The van der Waals surface area contributed by atoms with Gasteiger partial charge >= 0.3 is 0 Å². The number of aliphatic hydroxyl groups excluding tert-OH is 10. The molecular weight excluding hydrogens is 704 g/mol. The van der Waals surface area contributed by atoms with Gasteiger partial charge in [-0.1, -0.05) is 0 Å². The summed E-state index contributed by atoms with van der Waals surface area (Å²) in [5.41, 5.74) is -0.798. The highest BCUT2D eigenvalue weighted by atomic mass is 16.7. The van der Waals surface area contributed by atoms with Crippen LogP contribution in [0.25, 0.3) is 22.3 Å². The maximum absolute atomic E-state index is 13.0. The number of aliphatic hydroxyl groups is 10. The van der Waals surface area contributed by atoms with E-state index in [1.54, 1.807) is 0 Å². The zero-order valence-electron chi connectivity index (χ0n) is 26.8. The van der Waals surface area contributed by atoms with Crippen LogP contribution in [0.2, 0.25) is 0 Å². The van der Waals surface area contributed by atoms with Crippen LogP contribution in [0.15, 0.2) is 45.6 Å². The molecule has 6 rings (SSSR count). The number of phenolic OH excluding ortho intramolecular Hbond substituents is 2. The Hall–Kier alpha value is -3.71. The second-order valence-electron chi connectivity index (χ2n) is 12.5. The number of aromatic hydroxyl groups is 2. The molecule has 0 bridgehead atoms. The van der Waals surface area contributed by atoms with E-state index in [1.165, 1.54) is 12.1 Å². The van der Waals surface area contributed by atoms with Crippen molar-refractivity contribution in [2.75, 3.05) is 19.8 Å². The molecule has 286 valence electrons. The number of fused-ring (bicyclic) bond motifs is 1. The maximum atomic E-state index is 13.0. The van der Waals surface area contributed by atoms with Gasteiger partial charge < -0.3 is 94.1 Å². The van der Waals surface area contributed by atoms with Crippen molar-refractivity contribution in [3.63, 3.8) is 0 Å². The van der Waals surface area contributed by atoms with Gasteiger partial charge in [0.1, 0.15) is 95.4 Å². The predicted octanol–water partition coefficient (Wildman–Crippen LogP) is -4.31. The van der Waals surface area contributed by atoms with E-state index in [1.807, 2.05) is 0 Å². The second kappa shape index (κ2) is 15.3. The molecule has 4 heterocycles. The molecule has 0 saturated carbocycles. The van der Waals surface area contributed by atoms with Crippen molar-refractivity contribution in [2.45, 2.75) is 86.0 Å². The van der Waals surface area contributed by atoms with Crippen LogP contribution < -0.4 is 14.9 Å². The van der Waals surface area contributed by atoms with Crippen LogP contribution >= 0.6 is 0 Å². The van der Waals surface area contributed by atoms with Gasteiger partial charge in [-0.25, -0.2) is 0 Å². The van der Waals surface area contributed by atoms with Gasteiger partial charge in [0.05, 0.1) is 19.8 Å². The van der Waals surface area contributed by atoms with Gasteiger partial charge in [0.2, 0.25) is 12.6 Å². The van der Waals surface area contributed by atoms with Crippen LogP contribution in [0.5, 0.6) is 23.0 Å². The molecule has 0 unspecified atom stereocenters. The number of ether oxygens (including phenoxy) is 6. The summed E-state index contributed by atoms with van der Waals surface area (Å²) in [4.78, 5) is 13.0. The first-order valence-electron chi connectivity index (χ1n) is 15.9. The summed E-state index contributed by atoms with van der Waals surface area (Å²) in [6.45, 7) is -1.91. The van der Waals surface area contributed by atoms with E-state index in [9.17, 15) is 61.0 Å². The average molecular weight is 743 g/mol. The van der Waals surface area contributed by atoms with Crippen LogP contribution in [-0.4, -0.2) is 167 Å². The lowest BCUT2D eigenvalue weighted by Gasteiger charge is -2.40. The minimum atomic E-state index is -1.84. The smallest absolute Gasteiger partial charge is 0.229 e. The molecule has 20 nitrogen and oxygen atoms in total. The highest BCUT2D eigenvalue weighted by Gasteiger charge is 2.49. The normalized spacial score (nSPS) is 35.5. The SMILES string of the molecule is O=c1cc(-c2ccc(O[C@H]3O[C@@H]([C@@H](O)CO)[C@@H](O)[C@@H]3O)c(O)c2)oc2cc(O[C@H]3O[C@@H](CO[C@@H]4O[C@H](CO)[C@H](O)[C@@H]4O)[C@H](O)[C@H](O)[C@@H]3O)cc(O)c12. The fourth-order valence-corrected chi connectivity index (χ4v) is 6.02. The molecule has 0 amide bonds. The predicted molar refractivity (Wildman–Crippen MR) is 167 cm³/mol. The third-order valence-corrected chi connectivity index (χ3v) is 8.94. The summed E-state index contributed by atoms with van der Waals surface area (Å²) in [6.07, 6.45) is -21.7. The molecule has 20 heteroatoms. The first-order valence-corrected chi connectivity index (χ1v) is 15.9. The molecule has 1 aromatic heterocycles. The van der Waals surface area contributed by atoms with Crippen LogP contribution in [0.1, 0.15) is 0 Å². The Kier molecular flexibility index (Phi) is 11.2. The third-order valence-electron chi connectivity index (χ3n) is 8.94. The summed E-state index contributed by atoms with van der Waals surface area (Å²) in [5, 5.41) is 121. The maximum Gasteiger partial charge on any atom is 0.229 e. The van der Waals surface area contributed by atoms with E-state index in [0.717, 1.165) is 24.3 Å². The van der Waals surface area contributed by atoms with E-state index in [4.69, 9.17) is 37.9 Å². The standard InChI is InChI=1S/C32H38O20/c33-7-15(38)29-25(42)28(45)32(52-29)49-16-2-1-10(3-12(16)35)17-6-14(37)21-13(36)4-11(5-18(21)48-17)47-31-27(44)24(41)23(40)20(51-31)9-46-30-26(43)22(39)19(8-34)50-30/h1-6,15,19-20,22-36,38-45H,7-9H2/t15-,19+,20-,22-,23-,24-,25-,26-,27-,28-,29-,30+,31-,32-/m0/s1. The van der Waals surface area contributed by atoms with Crippen LogP contribution in [0, 0.1) is 0 Å². The largest absolute Gasteiger partial charge is 0.507 e. The molecule has 0 aliphatic carbocycles. The lowest BCUT2D eigenvalue weighted by atomic mass is 9.99. The zero-order chi connectivity index (χ0) is 37.6. The second-order valence-corrected chi connectivity index (χ2v) is 12.5. The van der Waals surface area contributed by atoms with Crippen molar-refractivity contribution < 1.29 is 94.1 Å². The summed E-state index contributed by atoms with van der Waals surface area (Å²) < 4.78 is 38.5. The summed E-state index contributed by atoms with van der Waals surface area (Å²) >= 11 is 0. The number of hydrogen-bond donors (Lipinski definition) is 12. The summed E-state index contributed by atoms with van der Waals surface area (Å²) in [6, 6.07) is 6.93. The Morgan fingerprint density at radius 3 is 2.02 bits per heavy atom. The molecule has 12 N–H and O–H groups in total. The van der Waals surface area contributed by atoms with Crippen molar-refractivity contribution in [3.8, 4) is 34.3 Å². The molecule has 3 saturated heterocycles. The van der Waals surface area contributed by atoms with E-state index in [2.05, 4.69) is 0 Å². The Morgan fingerprint density at radius 1 is 0.692 bits per heavy atom. The molecule has 0 radical (unpaired) electrons. The Balaban J connectivity index is 1.18. The van der Waals surface area contributed by atoms with Gasteiger partial charge in [-0.15, -0.1) is 0 Å². The first kappa shape index (κ1) is 38.0. The molecule has 2 aromatic carbocycles. The van der Waals surface area contributed by atoms with E-state index in [-0.39, 0.29) is 33.8 Å². The Labute approximate surface area is 292 Å². The molecule has 3 aliphatic heterocycles. The van der Waals surface area contributed by atoms with Crippen molar-refractivity contribution in [1.29, 1.82) is 0 Å². The Bertz CT molecular complexity index is 1770. The zero-order valence-corrected chi connectivity index (χ0v) is 26.8. The lowest BCUT2D eigenvalue weighted by molar-refractivity contribution is -0.290. The summed E-state index contributed by atoms with van der Waals surface area (Å²) in [5.74, 6) is -1.68. The molecule has 3 aliphatic rings. The Morgan fingerprint density at radius 2 is 1.35 bits per heavy atom. The van der Waals surface area contributed by atoms with E-state index in [0.29, 0.717) is 0 Å². The molecular formula is C32H38O20. The minimum absolute atomic E-state index is 0.107. The van der Waals surface area contributed by atoms with E-state index >= 15 is 0 Å². The molecule has 3 fully saturated rings. The van der Waals surface area contributed by atoms with Crippen LogP contribution in [0.4, 0.5) is 0 Å². The quantitative estimate of drug-likeness (QED) is 0.0884. The number of benzene rings is 2. The van der Waals surface area contributed by atoms with E-state index < -0.39 is 123 Å². The molecule has 52 heavy (non-hydrogen) atoms. The van der Waals surface area contributed by atoms with Crippen LogP contribution in [0.3, 0.4) is 0 Å². The highest BCUT2D eigenvalue weighted by molar-refractivity contribution is 5.86. The van der Waals surface area contributed by atoms with Crippen molar-refractivity contribution >= 4 is 11.0 Å². The fourth-order valence-electron chi connectivity index (χ4n) is 6.02. The number of hydrogen-bond acceptors (Lipinski definition) is 20. The molecule has 3 aromatic rings. The topological polar surface area (TPSA) is 328 Å². The molecule has 14 atom stereocenters. The summed E-state index contributed by atoms with van der Waals surface area (Å²) in [7, 11) is 0. The van der Waals surface area contributed by atoms with Gasteiger partial charge in [0.15, 0.2) is 23.2 Å². The van der Waals surface area contributed by atoms with Gasteiger partial charge in [0.25, 0.3) is 0 Å². The van der Waals surface area contributed by atoms with Gasteiger partial charge in [0, 0.05) is 23.8 Å². The van der Waals surface area contributed by atoms with Crippen molar-refractivity contribution in [1.82, 2.24) is 0 Å². The lowest BCUT2D eigenvalue weighted by Crippen LogP contribution is -2.60. The van der Waals surface area contributed by atoms with Gasteiger partial charge in [-0.3, -0.25) is 4.79 Å². The van der Waals surface area contributed by atoms with Gasteiger partial charge in [-0.2, -0.15) is 0 Å². The first-order chi connectivity index (χ1) is 24.7. The van der Waals surface area contributed by atoms with Crippen molar-refractivity contribution in [2.24, 2.45) is 0 Å².